The molecule has 2 aliphatic heterocycles. The highest BCUT2D eigenvalue weighted by molar-refractivity contribution is 6.36. The number of benzene rings is 1. The average molecular weight is 401 g/mol. The maximum absolute atomic E-state index is 13.8. The number of rotatable bonds is 2. The van der Waals surface area contributed by atoms with Crippen LogP contribution in [0.25, 0.3) is 0 Å². The number of halogens is 3. The molecule has 0 radical (unpaired) electrons. The Labute approximate surface area is 167 Å². The lowest BCUT2D eigenvalue weighted by atomic mass is 9.76. The van der Waals surface area contributed by atoms with E-state index in [0.29, 0.717) is 30.1 Å². The molecule has 2 aliphatic carbocycles. The van der Waals surface area contributed by atoms with E-state index in [9.17, 15) is 18.4 Å². The van der Waals surface area contributed by atoms with Crippen LogP contribution in [0, 0.1) is 17.5 Å². The van der Waals surface area contributed by atoms with Crippen molar-refractivity contribution in [3.05, 3.63) is 64.5 Å². The summed E-state index contributed by atoms with van der Waals surface area (Å²) in [6.07, 6.45) is 6.79. The smallest absolute Gasteiger partial charge is 0.276 e. The fourth-order valence-electron chi connectivity index (χ4n) is 4.27. The van der Waals surface area contributed by atoms with E-state index in [2.05, 4.69) is 4.99 Å². The van der Waals surface area contributed by atoms with Crippen LogP contribution < -0.4 is 4.90 Å². The Kier molecular flexibility index (Phi) is 4.44. The van der Waals surface area contributed by atoms with Gasteiger partial charge in [0.15, 0.2) is 6.30 Å². The van der Waals surface area contributed by atoms with Gasteiger partial charge < -0.3 is 5.21 Å². The molecule has 0 fully saturated rings. The molecule has 4 nitrogen and oxygen atoms in total. The molecule has 0 N–H and O–H groups in total. The predicted molar refractivity (Wildman–Crippen MR) is 109 cm³/mol. The number of allylic oxidation sites excluding steroid dienone is 4. The van der Waals surface area contributed by atoms with E-state index in [-0.39, 0.29) is 0 Å². The van der Waals surface area contributed by atoms with Gasteiger partial charge in [-0.15, -0.1) is 0 Å². The van der Waals surface area contributed by atoms with Gasteiger partial charge >= 0.3 is 0 Å². The largest absolute Gasteiger partial charge is 0.618 e. The van der Waals surface area contributed by atoms with Crippen LogP contribution >= 0.6 is 0 Å². The van der Waals surface area contributed by atoms with Crippen molar-refractivity contribution in [3.63, 3.8) is 0 Å². The van der Waals surface area contributed by atoms with E-state index in [1.165, 1.54) is 23.4 Å². The molecule has 5 rings (SSSR count). The summed E-state index contributed by atoms with van der Waals surface area (Å²) in [4.78, 5) is 5.40. The summed E-state index contributed by atoms with van der Waals surface area (Å²) in [6, 6.07) is 5.32. The third kappa shape index (κ3) is 2.91. The monoisotopic (exact) mass is 401 g/mol. The lowest BCUT2D eigenvalue weighted by molar-refractivity contribution is -0.353. The normalized spacial score (nSPS) is 24.1. The summed E-state index contributed by atoms with van der Waals surface area (Å²) in [5, 5.41) is 11.8. The molecule has 0 saturated carbocycles. The number of aryl methyl sites for hydroxylation is 1. The van der Waals surface area contributed by atoms with Gasteiger partial charge in [-0.2, -0.15) is 4.74 Å². The molecule has 0 saturated heterocycles. The lowest BCUT2D eigenvalue weighted by Crippen LogP contribution is -2.43. The minimum atomic E-state index is -2.60. The highest BCUT2D eigenvalue weighted by Crippen LogP contribution is 2.62. The number of fused-ring (bicyclic) bond motifs is 4. The maximum atomic E-state index is 13.8. The zero-order valence-corrected chi connectivity index (χ0v) is 16.5. The molecule has 0 amide bonds. The molecular formula is C22H22F3N3O. The average Bonchev–Trinajstić information content (AvgIpc) is 3.38. The van der Waals surface area contributed by atoms with Gasteiger partial charge in [-0.05, 0) is 54.7 Å². The number of aliphatic imine (C=N–C) groups is 1. The summed E-state index contributed by atoms with van der Waals surface area (Å²) >= 11 is 0. The number of hydrogen-bond acceptors (Lipinski definition) is 3. The quantitative estimate of drug-likeness (QED) is 0.370. The fraction of sp³-hybridized carbons (Fsp3) is 0.364. The Morgan fingerprint density at radius 2 is 1.97 bits per heavy atom. The summed E-state index contributed by atoms with van der Waals surface area (Å²) in [5.74, 6) is -2.28. The van der Waals surface area contributed by atoms with Gasteiger partial charge in [0.1, 0.15) is 5.69 Å². The number of anilines is 1. The van der Waals surface area contributed by atoms with Gasteiger partial charge in [0, 0.05) is 12.3 Å². The van der Waals surface area contributed by atoms with Crippen molar-refractivity contribution in [2.45, 2.75) is 45.8 Å². The second-order valence-corrected chi connectivity index (χ2v) is 7.59. The molecule has 1 atom stereocenters. The van der Waals surface area contributed by atoms with Crippen molar-refractivity contribution < 1.29 is 17.9 Å². The Morgan fingerprint density at radius 1 is 1.24 bits per heavy atom. The second-order valence-electron chi connectivity index (χ2n) is 7.59. The topological polar surface area (TPSA) is 41.7 Å². The van der Waals surface area contributed by atoms with E-state index in [1.807, 2.05) is 32.9 Å². The lowest BCUT2D eigenvalue weighted by Gasteiger charge is -2.32. The van der Waals surface area contributed by atoms with E-state index >= 15 is 0 Å². The van der Waals surface area contributed by atoms with Crippen molar-refractivity contribution in [1.82, 2.24) is 0 Å². The van der Waals surface area contributed by atoms with Crippen LogP contribution in [0.3, 0.4) is 0 Å². The summed E-state index contributed by atoms with van der Waals surface area (Å²) in [7, 11) is 0. The molecule has 4 aliphatic rings. The van der Waals surface area contributed by atoms with Crippen molar-refractivity contribution in [3.8, 4) is 0 Å². The van der Waals surface area contributed by atoms with Crippen molar-refractivity contribution >= 4 is 23.4 Å². The maximum Gasteiger partial charge on any atom is 0.276 e. The minimum absolute atomic E-state index is 0.325. The fourth-order valence-corrected chi connectivity index (χ4v) is 4.27. The minimum Gasteiger partial charge on any atom is -0.618 e. The van der Waals surface area contributed by atoms with E-state index in [4.69, 9.17) is 0 Å². The van der Waals surface area contributed by atoms with Crippen molar-refractivity contribution in [2.24, 2.45) is 10.4 Å². The van der Waals surface area contributed by atoms with E-state index in [0.717, 1.165) is 27.5 Å². The van der Waals surface area contributed by atoms with Crippen LogP contribution in [0.4, 0.5) is 24.5 Å². The molecule has 152 valence electrons. The molecule has 1 aromatic carbocycles. The molecular weight excluding hydrogens is 379 g/mol. The molecule has 0 bridgehead atoms. The van der Waals surface area contributed by atoms with Gasteiger partial charge in [0.05, 0.1) is 5.41 Å². The third-order valence-corrected chi connectivity index (χ3v) is 6.03. The Balaban J connectivity index is 0.000000150. The zero-order valence-electron chi connectivity index (χ0n) is 16.5. The number of nitrogens with zero attached hydrogens (tertiary/aromatic N) is 3. The Bertz CT molecular complexity index is 1020. The highest BCUT2D eigenvalue weighted by atomic mass is 19.3. The van der Waals surface area contributed by atoms with Gasteiger partial charge in [-0.1, -0.05) is 26.0 Å². The van der Waals surface area contributed by atoms with Gasteiger partial charge in [0.25, 0.3) is 5.92 Å². The molecule has 1 unspecified atom stereocenters. The highest BCUT2D eigenvalue weighted by Gasteiger charge is 2.60. The van der Waals surface area contributed by atoms with Crippen LogP contribution in [0.2, 0.25) is 0 Å². The molecule has 2 heterocycles. The van der Waals surface area contributed by atoms with Gasteiger partial charge in [0.2, 0.25) is 17.7 Å². The first-order valence-electron chi connectivity index (χ1n) is 9.67. The van der Waals surface area contributed by atoms with Crippen LogP contribution in [0.5, 0.6) is 0 Å². The van der Waals surface area contributed by atoms with E-state index in [1.54, 1.807) is 12.1 Å². The summed E-state index contributed by atoms with van der Waals surface area (Å²) < 4.78 is 41.4. The number of hydrogen-bond donors (Lipinski definition) is 0. The van der Waals surface area contributed by atoms with Crippen LogP contribution in [-0.2, 0) is 0 Å². The van der Waals surface area contributed by atoms with Crippen molar-refractivity contribution in [2.75, 3.05) is 4.90 Å². The molecule has 0 spiro atoms. The first-order valence-corrected chi connectivity index (χ1v) is 9.67. The van der Waals surface area contributed by atoms with Gasteiger partial charge in [-0.25, -0.2) is 18.2 Å². The van der Waals surface area contributed by atoms with Gasteiger partial charge in [-0.3, -0.25) is 4.90 Å². The Morgan fingerprint density at radius 3 is 2.55 bits per heavy atom. The molecule has 0 aromatic heterocycles. The van der Waals surface area contributed by atoms with Crippen LogP contribution in [0.1, 0.15) is 32.3 Å². The number of alkyl halides is 3. The first kappa shape index (κ1) is 19.5. The Hall–Kier alpha value is -2.83. The van der Waals surface area contributed by atoms with Crippen LogP contribution in [-0.4, -0.2) is 29.0 Å². The summed E-state index contributed by atoms with van der Waals surface area (Å²) in [6.45, 7) is 5.57. The zero-order chi connectivity index (χ0) is 21.0. The predicted octanol–water partition coefficient (Wildman–Crippen LogP) is 5.56. The molecule has 7 heteroatoms. The summed E-state index contributed by atoms with van der Waals surface area (Å²) in [5.41, 5.74) is 2.79. The van der Waals surface area contributed by atoms with Crippen molar-refractivity contribution in [1.29, 1.82) is 0 Å². The third-order valence-electron chi connectivity index (χ3n) is 6.03. The SMILES string of the molecule is CCC1(CC)C2=CC2=CC1(F)F.Cc1ccc2c(c1)[N+]([O-])=CC1=NC=CC(F)N12. The second kappa shape index (κ2) is 6.61. The standard InChI is InChI=1S/C12H10FN3O.C10H12F2/c1-8-2-3-9-10(6-8)15(17)7-12-14-5-4-11(13)16(9)12;1-3-9(4-2)8-5-7(8)6-10(9,11)12/h2-7,11H,1H3;5-6H,3-4H2,1-2H3. The van der Waals surface area contributed by atoms with E-state index < -0.39 is 17.6 Å². The molecule has 1 aromatic rings. The first-order chi connectivity index (χ1) is 13.7. The number of amidine groups is 1. The molecule has 29 heavy (non-hydrogen) atoms. The van der Waals surface area contributed by atoms with Crippen LogP contribution in [0.15, 0.2) is 58.8 Å².